The Morgan fingerprint density at radius 3 is 1.56 bits per heavy atom. The van der Waals surface area contributed by atoms with Crippen molar-refractivity contribution in [3.63, 3.8) is 0 Å². The molecule has 0 spiro atoms. The van der Waals surface area contributed by atoms with Crippen molar-refractivity contribution < 1.29 is 5.11 Å². The van der Waals surface area contributed by atoms with Gasteiger partial charge in [0, 0.05) is 11.3 Å². The molecule has 0 aliphatic heterocycles. The van der Waals surface area contributed by atoms with Crippen molar-refractivity contribution in [3.8, 4) is 0 Å². The van der Waals surface area contributed by atoms with Crippen molar-refractivity contribution in [3.05, 3.63) is 114 Å². The number of hydrogen-bond acceptors (Lipinski definition) is 2. The van der Waals surface area contributed by atoms with Crippen LogP contribution in [0, 0.1) is 0 Å². The van der Waals surface area contributed by atoms with Gasteiger partial charge in [-0.15, -0.1) is 0 Å². The second-order valence-electron chi connectivity index (χ2n) is 6.23. The maximum Gasteiger partial charge on any atom is 0.142 e. The number of fused-ring (bicyclic) bond motifs is 1. The Morgan fingerprint density at radius 2 is 1.04 bits per heavy atom. The first kappa shape index (κ1) is 15.4. The molecule has 2 heteroatoms. The minimum Gasteiger partial charge on any atom is -0.398 e. The number of nitrogen functional groups attached to an aromatic ring is 1. The Hall–Kier alpha value is -3.10. The molecule has 2 nitrogen and oxygen atoms in total. The zero-order valence-corrected chi connectivity index (χ0v) is 13.8. The van der Waals surface area contributed by atoms with E-state index in [2.05, 4.69) is 0 Å². The van der Waals surface area contributed by atoms with Gasteiger partial charge >= 0.3 is 0 Å². The molecule has 0 amide bonds. The van der Waals surface area contributed by atoms with Gasteiger partial charge in [0.05, 0.1) is 0 Å². The fourth-order valence-corrected chi connectivity index (χ4v) is 3.41. The number of benzene rings is 4. The molecular formula is C23H19NO. The predicted molar refractivity (Wildman–Crippen MR) is 103 cm³/mol. The van der Waals surface area contributed by atoms with Gasteiger partial charge in [-0.3, -0.25) is 0 Å². The summed E-state index contributed by atoms with van der Waals surface area (Å²) in [5, 5.41) is 14.0. The molecule has 0 fully saturated rings. The van der Waals surface area contributed by atoms with Crippen LogP contribution in [-0.4, -0.2) is 5.11 Å². The van der Waals surface area contributed by atoms with Crippen molar-refractivity contribution in [1.29, 1.82) is 0 Å². The smallest absolute Gasteiger partial charge is 0.142 e. The van der Waals surface area contributed by atoms with Gasteiger partial charge in [0.15, 0.2) is 0 Å². The normalized spacial score (nSPS) is 11.6. The van der Waals surface area contributed by atoms with Gasteiger partial charge in [0.25, 0.3) is 0 Å². The van der Waals surface area contributed by atoms with Crippen molar-refractivity contribution >= 4 is 16.5 Å². The average molecular weight is 325 g/mol. The highest BCUT2D eigenvalue weighted by atomic mass is 16.3. The van der Waals surface area contributed by atoms with Crippen LogP contribution in [-0.2, 0) is 5.60 Å². The third-order valence-electron chi connectivity index (χ3n) is 4.69. The highest BCUT2D eigenvalue weighted by molar-refractivity contribution is 5.87. The van der Waals surface area contributed by atoms with Gasteiger partial charge in [-0.25, -0.2) is 0 Å². The van der Waals surface area contributed by atoms with Crippen LogP contribution >= 0.6 is 0 Å². The molecule has 0 atom stereocenters. The van der Waals surface area contributed by atoms with Gasteiger partial charge in [-0.2, -0.15) is 0 Å². The summed E-state index contributed by atoms with van der Waals surface area (Å²) < 4.78 is 0. The molecule has 0 saturated carbocycles. The van der Waals surface area contributed by atoms with E-state index in [-0.39, 0.29) is 0 Å². The molecule has 0 bridgehead atoms. The van der Waals surface area contributed by atoms with E-state index in [9.17, 15) is 5.11 Å². The Labute approximate surface area is 147 Å². The van der Waals surface area contributed by atoms with Crippen molar-refractivity contribution in [1.82, 2.24) is 0 Å². The number of anilines is 1. The largest absolute Gasteiger partial charge is 0.398 e. The highest BCUT2D eigenvalue weighted by Crippen LogP contribution is 2.40. The van der Waals surface area contributed by atoms with Crippen LogP contribution in [0.1, 0.15) is 16.7 Å². The van der Waals surface area contributed by atoms with Gasteiger partial charge in [-0.05, 0) is 34.0 Å². The summed E-state index contributed by atoms with van der Waals surface area (Å²) in [6.45, 7) is 0. The quantitative estimate of drug-likeness (QED) is 0.423. The van der Waals surface area contributed by atoms with E-state index in [0.29, 0.717) is 11.3 Å². The van der Waals surface area contributed by atoms with E-state index >= 15 is 0 Å². The van der Waals surface area contributed by atoms with Gasteiger partial charge in [0.1, 0.15) is 5.60 Å². The lowest BCUT2D eigenvalue weighted by Crippen LogP contribution is -2.29. The molecule has 0 unspecified atom stereocenters. The first-order valence-electron chi connectivity index (χ1n) is 8.32. The zero-order chi connectivity index (χ0) is 17.3. The molecule has 0 radical (unpaired) electrons. The van der Waals surface area contributed by atoms with Crippen LogP contribution in [0.4, 0.5) is 5.69 Å². The summed E-state index contributed by atoms with van der Waals surface area (Å²) >= 11 is 0. The third kappa shape index (κ3) is 2.57. The first-order valence-corrected chi connectivity index (χ1v) is 8.32. The van der Waals surface area contributed by atoms with E-state index < -0.39 is 5.60 Å². The molecule has 3 N–H and O–H groups in total. The molecule has 0 heterocycles. The lowest BCUT2D eigenvalue weighted by Gasteiger charge is -2.31. The molecule has 4 aromatic carbocycles. The Balaban J connectivity index is 2.04. The molecular weight excluding hydrogens is 306 g/mol. The Morgan fingerprint density at radius 1 is 0.600 bits per heavy atom. The number of aliphatic hydroxyl groups is 1. The summed E-state index contributed by atoms with van der Waals surface area (Å²) in [6.07, 6.45) is 0. The first-order chi connectivity index (χ1) is 12.2. The van der Waals surface area contributed by atoms with E-state index in [1.165, 1.54) is 0 Å². The molecule has 0 aromatic heterocycles. The molecule has 4 aromatic rings. The fourth-order valence-electron chi connectivity index (χ4n) is 3.41. The van der Waals surface area contributed by atoms with Crippen LogP contribution in [0.3, 0.4) is 0 Å². The van der Waals surface area contributed by atoms with E-state index in [0.717, 1.165) is 21.9 Å². The SMILES string of the molecule is Nc1cc2ccccc2cc1C(O)(c1ccccc1)c1ccccc1. The summed E-state index contributed by atoms with van der Waals surface area (Å²) in [4.78, 5) is 0. The lowest BCUT2D eigenvalue weighted by atomic mass is 9.79. The molecule has 4 rings (SSSR count). The maximum absolute atomic E-state index is 11.9. The Kier molecular flexibility index (Phi) is 3.75. The average Bonchev–Trinajstić information content (AvgIpc) is 2.68. The molecule has 0 aliphatic carbocycles. The Bertz CT molecular complexity index is 970. The summed E-state index contributed by atoms with van der Waals surface area (Å²) in [6, 6.07) is 31.3. The van der Waals surface area contributed by atoms with Gasteiger partial charge in [-0.1, -0.05) is 84.9 Å². The molecule has 122 valence electrons. The number of rotatable bonds is 3. The highest BCUT2D eigenvalue weighted by Gasteiger charge is 2.35. The fraction of sp³-hybridized carbons (Fsp3) is 0.0435. The van der Waals surface area contributed by atoms with Crippen LogP contribution in [0.5, 0.6) is 0 Å². The second kappa shape index (κ2) is 6.08. The molecule has 0 saturated heterocycles. The minimum absolute atomic E-state index is 0.578. The van der Waals surface area contributed by atoms with Crippen LogP contribution < -0.4 is 5.73 Å². The summed E-state index contributed by atoms with van der Waals surface area (Å²) in [5.74, 6) is 0. The van der Waals surface area contributed by atoms with Gasteiger partial charge in [0.2, 0.25) is 0 Å². The van der Waals surface area contributed by atoms with E-state index in [1.807, 2.05) is 97.1 Å². The van der Waals surface area contributed by atoms with E-state index in [4.69, 9.17) is 5.73 Å². The summed E-state index contributed by atoms with van der Waals surface area (Å²) in [5.41, 5.74) is 7.94. The third-order valence-corrected chi connectivity index (χ3v) is 4.69. The predicted octanol–water partition coefficient (Wildman–Crippen LogP) is 4.71. The van der Waals surface area contributed by atoms with E-state index in [1.54, 1.807) is 0 Å². The molecule has 0 aliphatic rings. The van der Waals surface area contributed by atoms with Crippen LogP contribution in [0.25, 0.3) is 10.8 Å². The number of hydrogen-bond donors (Lipinski definition) is 2. The van der Waals surface area contributed by atoms with Crippen LogP contribution in [0.15, 0.2) is 97.1 Å². The summed E-state index contributed by atoms with van der Waals surface area (Å²) in [7, 11) is 0. The minimum atomic E-state index is -1.31. The molecule has 25 heavy (non-hydrogen) atoms. The zero-order valence-electron chi connectivity index (χ0n) is 13.8. The standard InChI is InChI=1S/C23H19NO/c24-22-16-18-10-8-7-9-17(18)15-21(22)23(25,19-11-3-1-4-12-19)20-13-5-2-6-14-20/h1-16,25H,24H2. The van der Waals surface area contributed by atoms with Crippen molar-refractivity contribution in [2.75, 3.05) is 5.73 Å². The van der Waals surface area contributed by atoms with Crippen molar-refractivity contribution in [2.24, 2.45) is 0 Å². The van der Waals surface area contributed by atoms with Crippen LogP contribution in [0.2, 0.25) is 0 Å². The number of nitrogens with two attached hydrogens (primary N) is 1. The monoisotopic (exact) mass is 325 g/mol. The maximum atomic E-state index is 11.9. The van der Waals surface area contributed by atoms with Crippen molar-refractivity contribution in [2.45, 2.75) is 5.60 Å². The van der Waals surface area contributed by atoms with Gasteiger partial charge < -0.3 is 10.8 Å². The lowest BCUT2D eigenvalue weighted by molar-refractivity contribution is 0.126. The second-order valence-corrected chi connectivity index (χ2v) is 6.23. The topological polar surface area (TPSA) is 46.2 Å².